The molecule has 0 fully saturated rings. The maximum absolute atomic E-state index is 11.5. The van der Waals surface area contributed by atoms with Gasteiger partial charge in [0.25, 0.3) is 0 Å². The Balaban J connectivity index is 2.98. The molecule has 0 aliphatic carbocycles. The minimum absolute atomic E-state index is 0.219. The summed E-state index contributed by atoms with van der Waals surface area (Å²) in [7, 11) is 0. The summed E-state index contributed by atoms with van der Waals surface area (Å²) < 4.78 is 0. The zero-order chi connectivity index (χ0) is 14.5. The summed E-state index contributed by atoms with van der Waals surface area (Å²) in [6, 6.07) is 7.67. The van der Waals surface area contributed by atoms with E-state index in [0.717, 1.165) is 6.42 Å². The van der Waals surface area contributed by atoms with Crippen LogP contribution < -0.4 is 5.32 Å². The van der Waals surface area contributed by atoms with Crippen molar-refractivity contribution in [2.45, 2.75) is 32.7 Å². The molecule has 0 aliphatic heterocycles. The third-order valence-electron chi connectivity index (χ3n) is 3.15. The third-order valence-corrected chi connectivity index (χ3v) is 3.15. The topological polar surface area (TPSA) is 49.3 Å². The zero-order valence-corrected chi connectivity index (χ0v) is 11.7. The van der Waals surface area contributed by atoms with Crippen molar-refractivity contribution in [1.82, 2.24) is 5.32 Å². The Labute approximate surface area is 115 Å². The van der Waals surface area contributed by atoms with Gasteiger partial charge in [0, 0.05) is 0 Å². The van der Waals surface area contributed by atoms with Gasteiger partial charge in [-0.1, -0.05) is 44.0 Å². The van der Waals surface area contributed by atoms with Crippen LogP contribution in [-0.2, 0) is 16.8 Å². The summed E-state index contributed by atoms with van der Waals surface area (Å²) in [5, 5.41) is 12.3. The fourth-order valence-corrected chi connectivity index (χ4v) is 1.97. The molecule has 0 saturated heterocycles. The quantitative estimate of drug-likeness (QED) is 0.771. The molecule has 0 amide bonds. The molecule has 102 valence electrons. The lowest BCUT2D eigenvalue weighted by atomic mass is 9.90. The lowest BCUT2D eigenvalue weighted by molar-refractivity contribution is -0.144. The number of rotatable bonds is 6. The van der Waals surface area contributed by atoms with Crippen LogP contribution in [0.1, 0.15) is 31.9 Å². The van der Waals surface area contributed by atoms with Crippen LogP contribution in [0, 0.1) is 18.3 Å². The van der Waals surface area contributed by atoms with Crippen molar-refractivity contribution in [3.05, 3.63) is 35.4 Å². The number of carboxylic acids is 1. The molecule has 0 aromatic heterocycles. The lowest BCUT2D eigenvalue weighted by Gasteiger charge is -2.26. The van der Waals surface area contributed by atoms with E-state index >= 15 is 0 Å². The first-order valence-electron chi connectivity index (χ1n) is 6.41. The summed E-state index contributed by atoms with van der Waals surface area (Å²) in [4.78, 5) is 11.5. The minimum Gasteiger partial charge on any atom is -0.480 e. The SMILES string of the molecule is C#CCNC(C)(C(=O)O)c1ccc(CC(C)C)cc1. The predicted octanol–water partition coefficient (Wildman–Crippen LogP) is 2.41. The number of carbonyl (C=O) groups is 1. The van der Waals surface area contributed by atoms with Gasteiger partial charge < -0.3 is 5.11 Å². The van der Waals surface area contributed by atoms with Crippen molar-refractivity contribution < 1.29 is 9.90 Å². The molecule has 0 radical (unpaired) electrons. The second kappa shape index (κ2) is 6.40. The molecule has 2 N–H and O–H groups in total. The van der Waals surface area contributed by atoms with Gasteiger partial charge in [0.15, 0.2) is 0 Å². The maximum atomic E-state index is 11.5. The molecule has 0 aliphatic rings. The van der Waals surface area contributed by atoms with E-state index in [0.29, 0.717) is 11.5 Å². The van der Waals surface area contributed by atoms with Crippen LogP contribution >= 0.6 is 0 Å². The van der Waals surface area contributed by atoms with E-state index in [1.54, 1.807) is 6.92 Å². The van der Waals surface area contributed by atoms with Gasteiger partial charge in [0.05, 0.1) is 6.54 Å². The van der Waals surface area contributed by atoms with Crippen LogP contribution in [0.15, 0.2) is 24.3 Å². The van der Waals surface area contributed by atoms with E-state index in [9.17, 15) is 9.90 Å². The van der Waals surface area contributed by atoms with Crippen LogP contribution in [0.3, 0.4) is 0 Å². The number of aliphatic carboxylic acids is 1. The van der Waals surface area contributed by atoms with Crippen LogP contribution in [0.5, 0.6) is 0 Å². The zero-order valence-electron chi connectivity index (χ0n) is 11.7. The number of benzene rings is 1. The number of terminal acetylenes is 1. The van der Waals surface area contributed by atoms with Crippen molar-refractivity contribution in [3.63, 3.8) is 0 Å². The first kappa shape index (κ1) is 15.3. The molecule has 1 rings (SSSR count). The Kier molecular flexibility index (Phi) is 5.14. The molecule has 3 nitrogen and oxygen atoms in total. The van der Waals surface area contributed by atoms with Gasteiger partial charge in [-0.3, -0.25) is 5.32 Å². The first-order chi connectivity index (χ1) is 8.90. The molecule has 0 saturated carbocycles. The molecule has 0 spiro atoms. The van der Waals surface area contributed by atoms with E-state index in [-0.39, 0.29) is 6.54 Å². The Bertz CT molecular complexity index is 471. The van der Waals surface area contributed by atoms with E-state index < -0.39 is 11.5 Å². The molecule has 3 heteroatoms. The number of hydrogen-bond donors (Lipinski definition) is 2. The third kappa shape index (κ3) is 3.84. The van der Waals surface area contributed by atoms with E-state index in [1.165, 1.54) is 5.56 Å². The highest BCUT2D eigenvalue weighted by Crippen LogP contribution is 2.22. The van der Waals surface area contributed by atoms with Crippen molar-refractivity contribution >= 4 is 5.97 Å². The fourth-order valence-electron chi connectivity index (χ4n) is 1.97. The molecule has 19 heavy (non-hydrogen) atoms. The molecule has 1 unspecified atom stereocenters. The smallest absolute Gasteiger partial charge is 0.328 e. The van der Waals surface area contributed by atoms with Crippen LogP contribution in [0.2, 0.25) is 0 Å². The molecular weight excluding hydrogens is 238 g/mol. The van der Waals surface area contributed by atoms with Gasteiger partial charge in [0.1, 0.15) is 5.54 Å². The Morgan fingerprint density at radius 1 is 1.42 bits per heavy atom. The molecule has 1 atom stereocenters. The van der Waals surface area contributed by atoms with Gasteiger partial charge in [-0.2, -0.15) is 0 Å². The van der Waals surface area contributed by atoms with E-state index in [1.807, 2.05) is 24.3 Å². The second-order valence-electron chi connectivity index (χ2n) is 5.28. The van der Waals surface area contributed by atoms with Crippen molar-refractivity contribution in [3.8, 4) is 12.3 Å². The number of nitrogens with one attached hydrogen (secondary N) is 1. The van der Waals surface area contributed by atoms with Gasteiger partial charge in [-0.05, 0) is 30.4 Å². The summed E-state index contributed by atoms with van der Waals surface area (Å²) in [5.74, 6) is 2.06. The number of hydrogen-bond acceptors (Lipinski definition) is 2. The summed E-state index contributed by atoms with van der Waals surface area (Å²) >= 11 is 0. The molecule has 1 aromatic carbocycles. The minimum atomic E-state index is -1.15. The fraction of sp³-hybridized carbons (Fsp3) is 0.438. The normalized spacial score (nSPS) is 13.8. The monoisotopic (exact) mass is 259 g/mol. The summed E-state index contributed by atoms with van der Waals surface area (Å²) in [5.41, 5.74) is 0.772. The maximum Gasteiger partial charge on any atom is 0.328 e. The van der Waals surface area contributed by atoms with Crippen molar-refractivity contribution in [1.29, 1.82) is 0 Å². The average molecular weight is 259 g/mol. The van der Waals surface area contributed by atoms with Gasteiger partial charge >= 0.3 is 5.97 Å². The lowest BCUT2D eigenvalue weighted by Crippen LogP contribution is -2.46. The average Bonchev–Trinajstić information content (AvgIpc) is 2.35. The van der Waals surface area contributed by atoms with Crippen LogP contribution in [-0.4, -0.2) is 17.6 Å². The number of carboxylic acid groups (broad SMARTS) is 1. The standard InChI is InChI=1S/C16H21NO2/c1-5-10-17-16(4,15(18)19)14-8-6-13(7-9-14)11-12(2)3/h1,6-9,12,17H,10-11H2,2-4H3,(H,18,19). The highest BCUT2D eigenvalue weighted by molar-refractivity contribution is 5.80. The molecule has 0 heterocycles. The Morgan fingerprint density at radius 2 is 2.00 bits per heavy atom. The highest BCUT2D eigenvalue weighted by atomic mass is 16.4. The highest BCUT2D eigenvalue weighted by Gasteiger charge is 2.34. The van der Waals surface area contributed by atoms with Gasteiger partial charge in [-0.25, -0.2) is 4.79 Å². The largest absolute Gasteiger partial charge is 0.480 e. The Morgan fingerprint density at radius 3 is 2.42 bits per heavy atom. The molecule has 1 aromatic rings. The second-order valence-corrected chi connectivity index (χ2v) is 5.28. The molecular formula is C16H21NO2. The summed E-state index contributed by atoms with van der Waals surface area (Å²) in [6.45, 7) is 6.16. The Hall–Kier alpha value is -1.79. The van der Waals surface area contributed by atoms with Crippen molar-refractivity contribution in [2.24, 2.45) is 5.92 Å². The van der Waals surface area contributed by atoms with Gasteiger partial charge in [0.2, 0.25) is 0 Å². The summed E-state index contributed by atoms with van der Waals surface area (Å²) in [6.07, 6.45) is 6.18. The first-order valence-corrected chi connectivity index (χ1v) is 6.41. The van der Waals surface area contributed by atoms with Gasteiger partial charge in [-0.15, -0.1) is 6.42 Å². The van der Waals surface area contributed by atoms with E-state index in [2.05, 4.69) is 25.1 Å². The molecule has 0 bridgehead atoms. The van der Waals surface area contributed by atoms with Crippen molar-refractivity contribution in [2.75, 3.05) is 6.54 Å². The van der Waals surface area contributed by atoms with E-state index in [4.69, 9.17) is 6.42 Å². The predicted molar refractivity (Wildman–Crippen MR) is 76.8 cm³/mol. The van der Waals surface area contributed by atoms with Crippen LogP contribution in [0.4, 0.5) is 0 Å². The van der Waals surface area contributed by atoms with Crippen LogP contribution in [0.25, 0.3) is 0 Å².